The fourth-order valence-electron chi connectivity index (χ4n) is 3.18. The van der Waals surface area contributed by atoms with Gasteiger partial charge in [-0.3, -0.25) is 4.79 Å². The van der Waals surface area contributed by atoms with Crippen molar-refractivity contribution in [2.24, 2.45) is 7.05 Å². The van der Waals surface area contributed by atoms with E-state index >= 15 is 0 Å². The second-order valence-corrected chi connectivity index (χ2v) is 8.13. The average molecular weight is 457 g/mol. The first-order valence-electron chi connectivity index (χ1n) is 10.2. The molecule has 0 bridgehead atoms. The molecule has 0 aliphatic heterocycles. The number of aryl methyl sites for hydroxylation is 1. The Morgan fingerprint density at radius 2 is 1.94 bits per heavy atom. The van der Waals surface area contributed by atoms with Crippen molar-refractivity contribution in [3.63, 3.8) is 0 Å². The third-order valence-electron chi connectivity index (χ3n) is 4.99. The standard InChI is InChI=1S/C24H20N6O2S/c1-29-12-11-25-22(29)15-32-20-9-7-18(8-10-20)27-23(31)21-16-33-24(28-21)17-13-26-30(14-17)19-5-3-2-4-6-19/h2-14,16H,15H2,1H3,(H,27,31). The number of para-hydroxylation sites is 1. The number of hydrogen-bond acceptors (Lipinski definition) is 6. The van der Waals surface area contributed by atoms with Crippen LogP contribution in [0.5, 0.6) is 5.75 Å². The number of benzene rings is 2. The summed E-state index contributed by atoms with van der Waals surface area (Å²) in [4.78, 5) is 21.4. The molecule has 0 unspecified atom stereocenters. The molecule has 2 aromatic carbocycles. The fourth-order valence-corrected chi connectivity index (χ4v) is 3.95. The molecule has 5 rings (SSSR count). The van der Waals surface area contributed by atoms with Crippen LogP contribution in [0, 0.1) is 0 Å². The zero-order valence-electron chi connectivity index (χ0n) is 17.8. The Kier molecular flexibility index (Phi) is 5.69. The van der Waals surface area contributed by atoms with E-state index in [2.05, 4.69) is 20.4 Å². The predicted octanol–water partition coefficient (Wildman–Crippen LogP) is 4.56. The number of thiazole rings is 1. The van der Waals surface area contributed by atoms with E-state index < -0.39 is 0 Å². The molecular formula is C24H20N6O2S. The van der Waals surface area contributed by atoms with E-state index in [-0.39, 0.29) is 5.91 Å². The zero-order chi connectivity index (χ0) is 22.6. The Labute approximate surface area is 194 Å². The number of ether oxygens (including phenoxy) is 1. The lowest BCUT2D eigenvalue weighted by Gasteiger charge is -2.08. The van der Waals surface area contributed by atoms with Crippen molar-refractivity contribution in [2.45, 2.75) is 6.61 Å². The Balaban J connectivity index is 1.21. The van der Waals surface area contributed by atoms with Gasteiger partial charge >= 0.3 is 0 Å². The maximum atomic E-state index is 12.7. The predicted molar refractivity (Wildman–Crippen MR) is 127 cm³/mol. The van der Waals surface area contributed by atoms with Gasteiger partial charge in [0.25, 0.3) is 5.91 Å². The molecule has 164 valence electrons. The van der Waals surface area contributed by atoms with Crippen molar-refractivity contribution in [1.82, 2.24) is 24.3 Å². The summed E-state index contributed by atoms with van der Waals surface area (Å²) in [6.45, 7) is 0.373. The Morgan fingerprint density at radius 1 is 1.12 bits per heavy atom. The molecule has 3 heterocycles. The molecular weight excluding hydrogens is 436 g/mol. The Morgan fingerprint density at radius 3 is 2.70 bits per heavy atom. The lowest BCUT2D eigenvalue weighted by Crippen LogP contribution is -2.12. The third kappa shape index (κ3) is 4.68. The van der Waals surface area contributed by atoms with Crippen molar-refractivity contribution in [1.29, 1.82) is 0 Å². The topological polar surface area (TPSA) is 86.9 Å². The largest absolute Gasteiger partial charge is 0.486 e. The van der Waals surface area contributed by atoms with Gasteiger partial charge in [-0.2, -0.15) is 5.10 Å². The molecule has 0 aliphatic carbocycles. The first kappa shape index (κ1) is 20.7. The molecule has 0 atom stereocenters. The smallest absolute Gasteiger partial charge is 0.275 e. The molecule has 0 radical (unpaired) electrons. The number of hydrogen-bond donors (Lipinski definition) is 1. The molecule has 0 saturated heterocycles. The van der Waals surface area contributed by atoms with Crippen molar-refractivity contribution < 1.29 is 9.53 Å². The second kappa shape index (κ2) is 9.09. The molecule has 0 fully saturated rings. The fraction of sp³-hybridized carbons (Fsp3) is 0.0833. The van der Waals surface area contributed by atoms with Crippen LogP contribution in [-0.2, 0) is 13.7 Å². The number of amides is 1. The monoisotopic (exact) mass is 456 g/mol. The quantitative estimate of drug-likeness (QED) is 0.388. The zero-order valence-corrected chi connectivity index (χ0v) is 18.6. The summed E-state index contributed by atoms with van der Waals surface area (Å²) >= 11 is 1.41. The van der Waals surface area contributed by atoms with Crippen molar-refractivity contribution in [2.75, 3.05) is 5.32 Å². The molecule has 1 amide bonds. The van der Waals surface area contributed by atoms with E-state index in [1.807, 2.05) is 66.5 Å². The maximum Gasteiger partial charge on any atom is 0.275 e. The summed E-state index contributed by atoms with van der Waals surface area (Å²) in [5, 5.41) is 9.75. The SMILES string of the molecule is Cn1ccnc1COc1ccc(NC(=O)c2csc(-c3cnn(-c4ccccc4)c3)n2)cc1. The minimum Gasteiger partial charge on any atom is -0.486 e. The highest BCUT2D eigenvalue weighted by atomic mass is 32.1. The van der Waals surface area contributed by atoms with Crippen LogP contribution in [0.15, 0.2) is 84.8 Å². The van der Waals surface area contributed by atoms with Gasteiger partial charge in [-0.1, -0.05) is 18.2 Å². The van der Waals surface area contributed by atoms with Gasteiger partial charge in [0.1, 0.15) is 28.9 Å². The Bertz CT molecular complexity index is 1370. The van der Waals surface area contributed by atoms with Gasteiger partial charge in [0.05, 0.1) is 11.9 Å². The number of nitrogens with one attached hydrogen (secondary N) is 1. The number of aromatic nitrogens is 5. The van der Waals surface area contributed by atoms with Crippen molar-refractivity contribution in [3.8, 4) is 22.0 Å². The number of nitrogens with zero attached hydrogens (tertiary/aromatic N) is 5. The summed E-state index contributed by atoms with van der Waals surface area (Å²) in [6, 6.07) is 17.0. The summed E-state index contributed by atoms with van der Waals surface area (Å²) in [5.74, 6) is 1.26. The number of anilines is 1. The van der Waals surface area contributed by atoms with Gasteiger partial charge in [-0.05, 0) is 36.4 Å². The first-order chi connectivity index (χ1) is 16.2. The normalized spacial score (nSPS) is 10.8. The number of carbonyl (C=O) groups is 1. The van der Waals surface area contributed by atoms with Gasteiger partial charge in [-0.15, -0.1) is 11.3 Å². The van der Waals surface area contributed by atoms with Crippen LogP contribution in [-0.4, -0.2) is 30.2 Å². The summed E-state index contributed by atoms with van der Waals surface area (Å²) in [5.41, 5.74) is 2.84. The summed E-state index contributed by atoms with van der Waals surface area (Å²) < 4.78 is 9.44. The lowest BCUT2D eigenvalue weighted by molar-refractivity contribution is 0.102. The number of imidazole rings is 1. The summed E-state index contributed by atoms with van der Waals surface area (Å²) in [7, 11) is 1.92. The van der Waals surface area contributed by atoms with Crippen molar-refractivity contribution in [3.05, 3.63) is 96.3 Å². The molecule has 0 spiro atoms. The lowest BCUT2D eigenvalue weighted by atomic mass is 10.3. The molecule has 9 heteroatoms. The van der Waals surface area contributed by atoms with E-state index in [1.165, 1.54) is 11.3 Å². The molecule has 8 nitrogen and oxygen atoms in total. The van der Waals surface area contributed by atoms with E-state index in [1.54, 1.807) is 34.6 Å². The van der Waals surface area contributed by atoms with Crippen LogP contribution in [0.25, 0.3) is 16.3 Å². The molecule has 1 N–H and O–H groups in total. The van der Waals surface area contributed by atoms with Crippen molar-refractivity contribution >= 4 is 22.9 Å². The van der Waals surface area contributed by atoms with Gasteiger partial charge in [0, 0.05) is 42.3 Å². The van der Waals surface area contributed by atoms with E-state index in [0.29, 0.717) is 23.7 Å². The molecule has 0 aliphatic rings. The first-order valence-corrected chi connectivity index (χ1v) is 11.1. The minimum atomic E-state index is -0.269. The summed E-state index contributed by atoms with van der Waals surface area (Å²) in [6.07, 6.45) is 7.25. The van der Waals surface area contributed by atoms with Crippen LogP contribution in [0.1, 0.15) is 16.3 Å². The van der Waals surface area contributed by atoms with Gasteiger partial charge in [-0.25, -0.2) is 14.6 Å². The van der Waals surface area contributed by atoms with Gasteiger partial charge in [0.2, 0.25) is 0 Å². The van der Waals surface area contributed by atoms with E-state index in [0.717, 1.165) is 22.1 Å². The number of carbonyl (C=O) groups excluding carboxylic acids is 1. The molecule has 33 heavy (non-hydrogen) atoms. The molecule has 3 aromatic heterocycles. The van der Waals surface area contributed by atoms with Gasteiger partial charge < -0.3 is 14.6 Å². The maximum absolute atomic E-state index is 12.7. The van der Waals surface area contributed by atoms with Crippen LogP contribution < -0.4 is 10.1 Å². The minimum absolute atomic E-state index is 0.269. The average Bonchev–Trinajstić information content (AvgIpc) is 3.60. The van der Waals surface area contributed by atoms with Gasteiger partial charge in [0.15, 0.2) is 0 Å². The van der Waals surface area contributed by atoms with E-state index in [4.69, 9.17) is 4.74 Å². The highest BCUT2D eigenvalue weighted by Gasteiger charge is 2.14. The third-order valence-corrected chi connectivity index (χ3v) is 5.88. The molecule has 0 saturated carbocycles. The number of rotatable bonds is 7. The van der Waals surface area contributed by atoms with E-state index in [9.17, 15) is 4.79 Å². The Hall–Kier alpha value is -4.24. The molecule has 5 aromatic rings. The highest BCUT2D eigenvalue weighted by Crippen LogP contribution is 2.25. The van der Waals surface area contributed by atoms with Crippen LogP contribution in [0.3, 0.4) is 0 Å². The van der Waals surface area contributed by atoms with Crippen LogP contribution in [0.4, 0.5) is 5.69 Å². The van der Waals surface area contributed by atoms with Crippen LogP contribution in [0.2, 0.25) is 0 Å². The van der Waals surface area contributed by atoms with Crippen LogP contribution >= 0.6 is 11.3 Å². The second-order valence-electron chi connectivity index (χ2n) is 7.27. The highest BCUT2D eigenvalue weighted by molar-refractivity contribution is 7.13.